The molecule has 0 aromatic heterocycles. The molecule has 4 heteroatoms. The first-order valence-corrected chi connectivity index (χ1v) is 6.26. The third-order valence-corrected chi connectivity index (χ3v) is 3.09. The lowest BCUT2D eigenvalue weighted by Gasteiger charge is -2.31. The van der Waals surface area contributed by atoms with E-state index in [1.807, 2.05) is 26.1 Å². The van der Waals surface area contributed by atoms with Crippen molar-refractivity contribution in [2.24, 2.45) is 0 Å². The third kappa shape index (κ3) is 6.08. The summed E-state index contributed by atoms with van der Waals surface area (Å²) in [5.41, 5.74) is 1.84. The van der Waals surface area contributed by atoms with Crippen molar-refractivity contribution >= 4 is 18.4 Å². The number of aryl methyl sites for hydroxylation is 1. The molecule has 0 radical (unpaired) electrons. The Labute approximate surface area is 122 Å². The van der Waals surface area contributed by atoms with Crippen LogP contribution < -0.4 is 0 Å². The molecule has 0 unspecified atom stereocenters. The molecule has 19 heavy (non-hydrogen) atoms. The molecule has 0 aliphatic carbocycles. The van der Waals surface area contributed by atoms with Crippen LogP contribution in [0.15, 0.2) is 24.3 Å². The molecule has 0 aliphatic rings. The summed E-state index contributed by atoms with van der Waals surface area (Å²) in [5, 5.41) is 0. The minimum Gasteiger partial charge on any atom is -0.461 e. The van der Waals surface area contributed by atoms with Gasteiger partial charge in [-0.1, -0.05) is 17.7 Å². The molecular formula is C15H24ClNO2. The van der Waals surface area contributed by atoms with Crippen LogP contribution in [0.1, 0.15) is 36.7 Å². The number of rotatable bonds is 4. The van der Waals surface area contributed by atoms with Crippen molar-refractivity contribution in [3.8, 4) is 0 Å². The minimum atomic E-state index is -0.252. The summed E-state index contributed by atoms with van der Waals surface area (Å²) in [6, 6.07) is 7.42. The quantitative estimate of drug-likeness (QED) is 0.795. The summed E-state index contributed by atoms with van der Waals surface area (Å²) in [4.78, 5) is 13.9. The fourth-order valence-electron chi connectivity index (χ4n) is 1.38. The van der Waals surface area contributed by atoms with Crippen molar-refractivity contribution < 1.29 is 9.53 Å². The van der Waals surface area contributed by atoms with Gasteiger partial charge in [-0.05, 0) is 46.9 Å². The van der Waals surface area contributed by atoms with E-state index in [0.29, 0.717) is 12.2 Å². The van der Waals surface area contributed by atoms with Gasteiger partial charge in [0.1, 0.15) is 6.61 Å². The number of carbonyl (C=O) groups excluding carboxylic acids is 1. The Kier molecular flexibility index (Phi) is 7.09. The molecule has 0 heterocycles. The molecule has 0 N–H and O–H groups in total. The molecule has 108 valence electrons. The van der Waals surface area contributed by atoms with Crippen molar-refractivity contribution in [3.05, 3.63) is 35.4 Å². The monoisotopic (exact) mass is 285 g/mol. The average Bonchev–Trinajstić information content (AvgIpc) is 2.28. The summed E-state index contributed by atoms with van der Waals surface area (Å²) >= 11 is 0. The predicted octanol–water partition coefficient (Wildman–Crippen LogP) is 3.30. The molecule has 0 spiro atoms. The number of nitrogens with zero attached hydrogens (tertiary/aromatic N) is 1. The first-order chi connectivity index (χ1) is 8.30. The van der Waals surface area contributed by atoms with Gasteiger partial charge in [-0.15, -0.1) is 12.4 Å². The van der Waals surface area contributed by atoms with Gasteiger partial charge in [-0.2, -0.15) is 0 Å². The Morgan fingerprint density at radius 1 is 1.21 bits per heavy atom. The molecular weight excluding hydrogens is 262 g/mol. The van der Waals surface area contributed by atoms with Gasteiger partial charge in [0.15, 0.2) is 0 Å². The maximum Gasteiger partial charge on any atom is 0.338 e. The van der Waals surface area contributed by atoms with Crippen molar-refractivity contribution in [1.82, 2.24) is 4.90 Å². The van der Waals surface area contributed by atoms with Gasteiger partial charge < -0.3 is 4.74 Å². The van der Waals surface area contributed by atoms with Crippen molar-refractivity contribution in [2.75, 3.05) is 20.2 Å². The Balaban J connectivity index is 0.00000324. The number of carbonyl (C=O) groups is 1. The maximum absolute atomic E-state index is 11.7. The molecule has 0 atom stereocenters. The summed E-state index contributed by atoms with van der Waals surface area (Å²) in [6.45, 7) is 9.55. The lowest BCUT2D eigenvalue weighted by atomic mass is 10.1. The summed E-state index contributed by atoms with van der Waals surface area (Å²) < 4.78 is 5.25. The summed E-state index contributed by atoms with van der Waals surface area (Å²) in [6.07, 6.45) is 0. The normalized spacial score (nSPS) is 11.1. The van der Waals surface area contributed by atoms with E-state index in [0.717, 1.165) is 12.1 Å². The molecule has 1 aromatic rings. The topological polar surface area (TPSA) is 29.5 Å². The summed E-state index contributed by atoms with van der Waals surface area (Å²) in [5.74, 6) is -0.252. The molecule has 0 amide bonds. The fraction of sp³-hybridized carbons (Fsp3) is 0.533. The Hall–Kier alpha value is -1.06. The van der Waals surface area contributed by atoms with Crippen LogP contribution in [0.25, 0.3) is 0 Å². The van der Waals surface area contributed by atoms with Crippen LogP contribution >= 0.6 is 12.4 Å². The highest BCUT2D eigenvalue weighted by Gasteiger charge is 2.17. The van der Waals surface area contributed by atoms with E-state index in [2.05, 4.69) is 25.7 Å². The van der Waals surface area contributed by atoms with Crippen LogP contribution in [0.2, 0.25) is 0 Å². The van der Waals surface area contributed by atoms with E-state index >= 15 is 0 Å². The number of benzene rings is 1. The van der Waals surface area contributed by atoms with Crippen molar-refractivity contribution in [3.63, 3.8) is 0 Å². The smallest absolute Gasteiger partial charge is 0.338 e. The lowest BCUT2D eigenvalue weighted by Crippen LogP contribution is -2.40. The zero-order valence-corrected chi connectivity index (χ0v) is 13.2. The Bertz CT molecular complexity index is 396. The van der Waals surface area contributed by atoms with Crippen LogP contribution in [0.5, 0.6) is 0 Å². The van der Waals surface area contributed by atoms with Crippen LogP contribution in [0.4, 0.5) is 0 Å². The first kappa shape index (κ1) is 17.9. The zero-order chi connectivity index (χ0) is 13.8. The van der Waals surface area contributed by atoms with Gasteiger partial charge in [0, 0.05) is 12.1 Å². The number of likely N-dealkylation sites (N-methyl/N-ethyl adjacent to an activating group) is 1. The van der Waals surface area contributed by atoms with E-state index in [-0.39, 0.29) is 23.9 Å². The molecule has 0 saturated heterocycles. The maximum atomic E-state index is 11.7. The number of halogens is 1. The molecule has 0 aliphatic heterocycles. The Morgan fingerprint density at radius 3 is 2.21 bits per heavy atom. The van der Waals surface area contributed by atoms with Crippen LogP contribution in [0, 0.1) is 6.92 Å². The predicted molar refractivity (Wildman–Crippen MR) is 81.1 cm³/mol. The third-order valence-electron chi connectivity index (χ3n) is 3.09. The van der Waals surface area contributed by atoms with E-state index in [1.54, 1.807) is 12.1 Å². The molecule has 0 saturated carbocycles. The standard InChI is InChI=1S/C15H23NO2.ClH/c1-12-6-8-13(9-7-12)14(17)18-11-10-16(5)15(2,3)4;/h6-9H,10-11H2,1-5H3;1H. The van der Waals surface area contributed by atoms with Gasteiger partial charge >= 0.3 is 5.97 Å². The lowest BCUT2D eigenvalue weighted by molar-refractivity contribution is 0.0423. The zero-order valence-electron chi connectivity index (χ0n) is 12.4. The number of hydrogen-bond acceptors (Lipinski definition) is 3. The molecule has 3 nitrogen and oxygen atoms in total. The van der Waals surface area contributed by atoms with E-state index in [4.69, 9.17) is 4.74 Å². The van der Waals surface area contributed by atoms with E-state index < -0.39 is 0 Å². The molecule has 0 bridgehead atoms. The summed E-state index contributed by atoms with van der Waals surface area (Å²) in [7, 11) is 2.03. The van der Waals surface area contributed by atoms with Crippen molar-refractivity contribution in [2.45, 2.75) is 33.2 Å². The van der Waals surface area contributed by atoms with Gasteiger partial charge in [0.25, 0.3) is 0 Å². The average molecular weight is 286 g/mol. The van der Waals surface area contributed by atoms with Gasteiger partial charge in [-0.25, -0.2) is 4.79 Å². The molecule has 1 rings (SSSR count). The van der Waals surface area contributed by atoms with Crippen LogP contribution in [-0.2, 0) is 4.74 Å². The number of esters is 1. The van der Waals surface area contributed by atoms with Crippen LogP contribution in [0.3, 0.4) is 0 Å². The highest BCUT2D eigenvalue weighted by atomic mass is 35.5. The van der Waals surface area contributed by atoms with Gasteiger partial charge in [-0.3, -0.25) is 4.90 Å². The molecule has 1 aromatic carbocycles. The highest BCUT2D eigenvalue weighted by Crippen LogP contribution is 2.10. The fourth-order valence-corrected chi connectivity index (χ4v) is 1.38. The van der Waals surface area contributed by atoms with Crippen molar-refractivity contribution in [1.29, 1.82) is 0 Å². The molecule has 0 fully saturated rings. The SMILES string of the molecule is Cc1ccc(C(=O)OCCN(C)C(C)(C)C)cc1.Cl. The first-order valence-electron chi connectivity index (χ1n) is 6.26. The van der Waals surface area contributed by atoms with Gasteiger partial charge in [0.2, 0.25) is 0 Å². The largest absolute Gasteiger partial charge is 0.461 e. The van der Waals surface area contributed by atoms with E-state index in [9.17, 15) is 4.79 Å². The number of ether oxygens (including phenoxy) is 1. The van der Waals surface area contributed by atoms with E-state index in [1.165, 1.54) is 0 Å². The second kappa shape index (κ2) is 7.51. The van der Waals surface area contributed by atoms with Crippen LogP contribution in [-0.4, -0.2) is 36.6 Å². The Morgan fingerprint density at radius 2 is 1.74 bits per heavy atom. The number of hydrogen-bond donors (Lipinski definition) is 0. The second-order valence-electron chi connectivity index (χ2n) is 5.59. The van der Waals surface area contributed by atoms with Gasteiger partial charge in [0.05, 0.1) is 5.56 Å². The highest BCUT2D eigenvalue weighted by molar-refractivity contribution is 5.89. The minimum absolute atomic E-state index is 0. The second-order valence-corrected chi connectivity index (χ2v) is 5.59.